The Balaban J connectivity index is 2.04. The summed E-state index contributed by atoms with van der Waals surface area (Å²) in [5.41, 5.74) is 1.99. The van der Waals surface area contributed by atoms with Crippen LogP contribution in [0.4, 0.5) is 0 Å². The summed E-state index contributed by atoms with van der Waals surface area (Å²) in [5.74, 6) is -0.0531. The van der Waals surface area contributed by atoms with Gasteiger partial charge in [0.15, 0.2) is 0 Å². The second kappa shape index (κ2) is 4.93. The topological polar surface area (TPSA) is 29.1 Å². The Morgan fingerprint density at radius 2 is 2.17 bits per heavy atom. The lowest BCUT2D eigenvalue weighted by atomic mass is 9.92. The molecule has 1 atom stereocenters. The molecular weight excluding hydrogens is 246 g/mol. The third kappa shape index (κ3) is 3.05. The lowest BCUT2D eigenvalue weighted by molar-refractivity contribution is 0.0936. The molecule has 18 heavy (non-hydrogen) atoms. The largest absolute Gasteiger partial charge is 0.349 e. The molecule has 1 N–H and O–H groups in total. The predicted octanol–water partition coefficient (Wildman–Crippen LogP) is 3.96. The number of carbonyl (C=O) groups excluding carboxylic acids is 1. The molecule has 0 aliphatic heterocycles. The van der Waals surface area contributed by atoms with Gasteiger partial charge in [0.2, 0.25) is 0 Å². The van der Waals surface area contributed by atoms with E-state index in [1.165, 1.54) is 6.42 Å². The molecule has 0 radical (unpaired) electrons. The molecule has 1 aliphatic rings. The van der Waals surface area contributed by atoms with Gasteiger partial charge in [-0.15, -0.1) is 0 Å². The molecule has 0 heterocycles. The highest BCUT2D eigenvalue weighted by atomic mass is 35.5. The molecule has 1 amide bonds. The Morgan fingerprint density at radius 3 is 2.72 bits per heavy atom. The highest BCUT2D eigenvalue weighted by molar-refractivity contribution is 6.33. The Kier molecular flexibility index (Phi) is 3.67. The first kappa shape index (κ1) is 13.4. The van der Waals surface area contributed by atoms with Crippen LogP contribution in [-0.4, -0.2) is 11.9 Å². The van der Waals surface area contributed by atoms with Crippen molar-refractivity contribution < 1.29 is 4.79 Å². The molecule has 1 aromatic rings. The highest BCUT2D eigenvalue weighted by Crippen LogP contribution is 2.37. The molecule has 1 aromatic carbocycles. The van der Waals surface area contributed by atoms with Crippen molar-refractivity contribution in [3.63, 3.8) is 0 Å². The quantitative estimate of drug-likeness (QED) is 0.862. The van der Waals surface area contributed by atoms with Gasteiger partial charge in [-0.25, -0.2) is 0 Å². The zero-order valence-electron chi connectivity index (χ0n) is 11.2. The van der Waals surface area contributed by atoms with Crippen LogP contribution in [0.15, 0.2) is 18.2 Å². The fourth-order valence-corrected chi connectivity index (χ4v) is 2.95. The van der Waals surface area contributed by atoms with Crippen molar-refractivity contribution in [3.05, 3.63) is 34.3 Å². The number of rotatable bonds is 2. The summed E-state index contributed by atoms with van der Waals surface area (Å²) in [7, 11) is 0. The molecule has 3 heteroatoms. The van der Waals surface area contributed by atoms with Crippen molar-refractivity contribution in [2.45, 2.75) is 46.1 Å². The maximum absolute atomic E-state index is 12.1. The van der Waals surface area contributed by atoms with Crippen LogP contribution in [0, 0.1) is 12.3 Å². The second-order valence-electron chi connectivity index (χ2n) is 6.06. The van der Waals surface area contributed by atoms with Gasteiger partial charge in [-0.05, 0) is 49.3 Å². The molecule has 98 valence electrons. The van der Waals surface area contributed by atoms with E-state index in [4.69, 9.17) is 11.6 Å². The Hall–Kier alpha value is -1.02. The summed E-state index contributed by atoms with van der Waals surface area (Å²) in [4.78, 5) is 12.1. The van der Waals surface area contributed by atoms with Crippen LogP contribution in [-0.2, 0) is 0 Å². The first-order valence-electron chi connectivity index (χ1n) is 6.44. The fraction of sp³-hybridized carbons (Fsp3) is 0.533. The lowest BCUT2D eigenvalue weighted by Crippen LogP contribution is -2.33. The summed E-state index contributed by atoms with van der Waals surface area (Å²) < 4.78 is 0. The van der Waals surface area contributed by atoms with Crippen LogP contribution in [0.3, 0.4) is 0 Å². The first-order valence-corrected chi connectivity index (χ1v) is 6.82. The summed E-state index contributed by atoms with van der Waals surface area (Å²) >= 11 is 6.11. The SMILES string of the molecule is Cc1ccc(C(=O)NC2CCC(C)(C)C2)c(Cl)c1. The smallest absolute Gasteiger partial charge is 0.253 e. The van der Waals surface area contributed by atoms with Crippen molar-refractivity contribution in [1.29, 1.82) is 0 Å². The maximum atomic E-state index is 12.1. The standard InChI is InChI=1S/C15H20ClNO/c1-10-4-5-12(13(16)8-10)14(18)17-11-6-7-15(2,3)9-11/h4-5,8,11H,6-7,9H2,1-3H3,(H,17,18). The number of carbonyl (C=O) groups is 1. The molecule has 2 rings (SSSR count). The predicted molar refractivity (Wildman–Crippen MR) is 75.1 cm³/mol. The maximum Gasteiger partial charge on any atom is 0.253 e. The third-order valence-corrected chi connectivity index (χ3v) is 3.99. The molecule has 1 aliphatic carbocycles. The Bertz CT molecular complexity index is 468. The number of amides is 1. The van der Waals surface area contributed by atoms with E-state index >= 15 is 0 Å². The normalized spacial score (nSPS) is 21.9. The molecule has 1 fully saturated rings. The van der Waals surface area contributed by atoms with Gasteiger partial charge in [0, 0.05) is 6.04 Å². The van der Waals surface area contributed by atoms with E-state index in [1.807, 2.05) is 19.1 Å². The fourth-order valence-electron chi connectivity index (χ4n) is 2.63. The van der Waals surface area contributed by atoms with Gasteiger partial charge in [0.25, 0.3) is 5.91 Å². The zero-order chi connectivity index (χ0) is 13.3. The van der Waals surface area contributed by atoms with Crippen molar-refractivity contribution in [2.24, 2.45) is 5.41 Å². The molecule has 1 saturated carbocycles. The van der Waals surface area contributed by atoms with Gasteiger partial charge in [-0.3, -0.25) is 4.79 Å². The van der Waals surface area contributed by atoms with Crippen LogP contribution in [0.25, 0.3) is 0 Å². The number of hydrogen-bond donors (Lipinski definition) is 1. The van der Waals surface area contributed by atoms with Crippen molar-refractivity contribution in [3.8, 4) is 0 Å². The zero-order valence-corrected chi connectivity index (χ0v) is 12.0. The second-order valence-corrected chi connectivity index (χ2v) is 6.47. The van der Waals surface area contributed by atoms with Crippen molar-refractivity contribution in [2.75, 3.05) is 0 Å². The average Bonchev–Trinajstić information content (AvgIpc) is 2.57. The Labute approximate surface area is 114 Å². The van der Waals surface area contributed by atoms with E-state index < -0.39 is 0 Å². The van der Waals surface area contributed by atoms with E-state index in [2.05, 4.69) is 19.2 Å². The number of nitrogens with one attached hydrogen (secondary N) is 1. The van der Waals surface area contributed by atoms with Crippen LogP contribution in [0.5, 0.6) is 0 Å². The van der Waals surface area contributed by atoms with Gasteiger partial charge in [-0.1, -0.05) is 31.5 Å². The average molecular weight is 266 g/mol. The van der Waals surface area contributed by atoms with Gasteiger partial charge in [0.05, 0.1) is 10.6 Å². The van der Waals surface area contributed by atoms with Gasteiger partial charge < -0.3 is 5.32 Å². The van der Waals surface area contributed by atoms with Gasteiger partial charge in [0.1, 0.15) is 0 Å². The minimum absolute atomic E-state index is 0.0531. The number of benzene rings is 1. The van der Waals surface area contributed by atoms with Crippen LogP contribution in [0.1, 0.15) is 49.0 Å². The van der Waals surface area contributed by atoms with E-state index in [1.54, 1.807) is 6.07 Å². The van der Waals surface area contributed by atoms with Gasteiger partial charge in [-0.2, -0.15) is 0 Å². The van der Waals surface area contributed by atoms with Gasteiger partial charge >= 0.3 is 0 Å². The number of halogens is 1. The van der Waals surface area contributed by atoms with E-state index in [0.717, 1.165) is 18.4 Å². The number of hydrogen-bond acceptors (Lipinski definition) is 1. The number of aryl methyl sites for hydroxylation is 1. The van der Waals surface area contributed by atoms with E-state index in [0.29, 0.717) is 16.0 Å². The molecule has 0 aromatic heterocycles. The molecule has 1 unspecified atom stereocenters. The molecular formula is C15H20ClNO. The molecule has 0 bridgehead atoms. The van der Waals surface area contributed by atoms with Crippen molar-refractivity contribution in [1.82, 2.24) is 5.32 Å². The minimum atomic E-state index is -0.0531. The minimum Gasteiger partial charge on any atom is -0.349 e. The summed E-state index contributed by atoms with van der Waals surface area (Å²) in [5, 5.41) is 3.62. The lowest BCUT2D eigenvalue weighted by Gasteiger charge is -2.18. The van der Waals surface area contributed by atoms with E-state index in [9.17, 15) is 4.79 Å². The monoisotopic (exact) mass is 265 g/mol. The molecule has 0 spiro atoms. The van der Waals surface area contributed by atoms with E-state index in [-0.39, 0.29) is 11.9 Å². The molecule has 0 saturated heterocycles. The summed E-state index contributed by atoms with van der Waals surface area (Å²) in [6.07, 6.45) is 3.27. The van der Waals surface area contributed by atoms with Crippen LogP contribution in [0.2, 0.25) is 5.02 Å². The summed E-state index contributed by atoms with van der Waals surface area (Å²) in [6.45, 7) is 6.46. The first-order chi connectivity index (χ1) is 8.37. The third-order valence-electron chi connectivity index (χ3n) is 3.67. The van der Waals surface area contributed by atoms with Crippen LogP contribution < -0.4 is 5.32 Å². The van der Waals surface area contributed by atoms with Crippen molar-refractivity contribution >= 4 is 17.5 Å². The molecule has 2 nitrogen and oxygen atoms in total. The Morgan fingerprint density at radius 1 is 1.44 bits per heavy atom. The highest BCUT2D eigenvalue weighted by Gasteiger charge is 2.31. The van der Waals surface area contributed by atoms with Crippen LogP contribution >= 0.6 is 11.6 Å². The summed E-state index contributed by atoms with van der Waals surface area (Å²) in [6, 6.07) is 5.83.